The summed E-state index contributed by atoms with van der Waals surface area (Å²) in [6, 6.07) is 61.4. The zero-order chi connectivity index (χ0) is 35.1. The van der Waals surface area contributed by atoms with Crippen molar-refractivity contribution in [2.24, 2.45) is 0 Å². The Balaban J connectivity index is 1.18. The zero-order valence-electron chi connectivity index (χ0n) is 28.8. The second-order valence-corrected chi connectivity index (χ2v) is 13.5. The van der Waals surface area contributed by atoms with E-state index < -0.39 is 0 Å². The maximum Gasteiger partial charge on any atom is 0.164 e. The quantitative estimate of drug-likeness (QED) is 0.175. The molecule has 7 aromatic carbocycles. The monoisotopic (exact) mass is 679 g/mol. The van der Waals surface area contributed by atoms with E-state index in [9.17, 15) is 0 Å². The Morgan fingerprint density at radius 3 is 1.53 bits per heavy atom. The van der Waals surface area contributed by atoms with Gasteiger partial charge < -0.3 is 4.74 Å². The number of allylic oxidation sites excluding steroid dienone is 2. The molecule has 0 saturated heterocycles. The van der Waals surface area contributed by atoms with E-state index in [1.54, 1.807) is 0 Å². The molecular formula is C49H33N3O. The van der Waals surface area contributed by atoms with Crippen molar-refractivity contribution in [2.75, 3.05) is 0 Å². The number of para-hydroxylation sites is 1. The summed E-state index contributed by atoms with van der Waals surface area (Å²) < 4.78 is 6.57. The van der Waals surface area contributed by atoms with Crippen LogP contribution in [0.2, 0.25) is 0 Å². The van der Waals surface area contributed by atoms with E-state index >= 15 is 0 Å². The highest BCUT2D eigenvalue weighted by Crippen LogP contribution is 2.51. The van der Waals surface area contributed by atoms with Gasteiger partial charge in [0.1, 0.15) is 11.9 Å². The number of hydrogen-bond acceptors (Lipinski definition) is 4. The summed E-state index contributed by atoms with van der Waals surface area (Å²) in [5.41, 5.74) is 10.8. The van der Waals surface area contributed by atoms with Gasteiger partial charge in [-0.15, -0.1) is 0 Å². The molecule has 0 spiro atoms. The molecule has 2 atom stereocenters. The summed E-state index contributed by atoms with van der Waals surface area (Å²) in [4.78, 5) is 15.8. The lowest BCUT2D eigenvalue weighted by Crippen LogP contribution is -2.22. The first kappa shape index (κ1) is 30.9. The van der Waals surface area contributed by atoms with Crippen LogP contribution in [0.3, 0.4) is 0 Å². The van der Waals surface area contributed by atoms with Gasteiger partial charge in [0, 0.05) is 22.3 Å². The molecule has 0 fully saturated rings. The third-order valence-corrected chi connectivity index (χ3v) is 10.3. The second-order valence-electron chi connectivity index (χ2n) is 13.5. The number of ether oxygens (including phenoxy) is 1. The lowest BCUT2D eigenvalue weighted by Gasteiger charge is -2.26. The minimum Gasteiger partial charge on any atom is -0.485 e. The molecule has 1 aliphatic heterocycles. The second kappa shape index (κ2) is 13.0. The molecule has 0 saturated carbocycles. The van der Waals surface area contributed by atoms with Crippen LogP contribution in [0.1, 0.15) is 22.9 Å². The van der Waals surface area contributed by atoms with Gasteiger partial charge in [-0.25, -0.2) is 15.0 Å². The van der Waals surface area contributed by atoms with Gasteiger partial charge in [0.2, 0.25) is 0 Å². The highest BCUT2D eigenvalue weighted by Gasteiger charge is 2.40. The summed E-state index contributed by atoms with van der Waals surface area (Å²) >= 11 is 0. The highest BCUT2D eigenvalue weighted by atomic mass is 16.5. The molecular weight excluding hydrogens is 647 g/mol. The summed E-state index contributed by atoms with van der Waals surface area (Å²) in [5, 5.41) is 2.39. The highest BCUT2D eigenvalue weighted by molar-refractivity contribution is 6.01. The fourth-order valence-electron chi connectivity index (χ4n) is 7.66. The summed E-state index contributed by atoms with van der Waals surface area (Å²) in [6.07, 6.45) is 4.20. The van der Waals surface area contributed by atoms with Crippen LogP contribution in [0.4, 0.5) is 0 Å². The van der Waals surface area contributed by atoms with Gasteiger partial charge in [-0.05, 0) is 62.4 Å². The molecule has 0 radical (unpaired) electrons. The van der Waals surface area contributed by atoms with Crippen molar-refractivity contribution < 1.29 is 4.74 Å². The predicted octanol–water partition coefficient (Wildman–Crippen LogP) is 11.7. The van der Waals surface area contributed by atoms with Gasteiger partial charge in [0.05, 0.1) is 5.92 Å². The SMILES string of the molecule is C1=CC2Oc3ccccc3C2C(c2nc(-c3ccc(-c4ccccc4)cc3)nc(-c3ccc(-c4ccccc4)cc3)n2)=C1c1ccc2ccccc2c1. The van der Waals surface area contributed by atoms with Crippen molar-refractivity contribution in [1.82, 2.24) is 15.0 Å². The summed E-state index contributed by atoms with van der Waals surface area (Å²) in [7, 11) is 0. The third kappa shape index (κ3) is 5.71. The molecule has 0 amide bonds. The summed E-state index contributed by atoms with van der Waals surface area (Å²) in [6.45, 7) is 0. The molecule has 0 bridgehead atoms. The zero-order valence-corrected chi connectivity index (χ0v) is 28.8. The number of aromatic nitrogens is 3. The van der Waals surface area contributed by atoms with Gasteiger partial charge in [-0.3, -0.25) is 0 Å². The maximum absolute atomic E-state index is 6.57. The molecule has 250 valence electrons. The van der Waals surface area contributed by atoms with Crippen LogP contribution in [0.25, 0.3) is 66.9 Å². The molecule has 2 unspecified atom stereocenters. The van der Waals surface area contributed by atoms with Crippen molar-refractivity contribution in [3.05, 3.63) is 205 Å². The lowest BCUT2D eigenvalue weighted by molar-refractivity contribution is 0.271. The standard InChI is InChI=1S/C49H33N3O/c1-3-11-32(12-4-1)35-19-24-37(25-20-35)47-50-48(38-26-21-36(22-27-38)33-13-5-2-6-14-33)52-49(51-47)46-41(40-28-23-34-15-7-8-16-39(34)31-40)29-30-44-45(46)42-17-9-10-18-43(42)53-44/h1-31,44-45H. The van der Waals surface area contributed by atoms with Gasteiger partial charge in [-0.1, -0.05) is 170 Å². The van der Waals surface area contributed by atoms with E-state index in [0.717, 1.165) is 50.3 Å². The van der Waals surface area contributed by atoms with Crippen molar-refractivity contribution in [1.29, 1.82) is 0 Å². The molecule has 8 aromatic rings. The molecule has 2 aliphatic rings. The van der Waals surface area contributed by atoms with E-state index in [4.69, 9.17) is 19.7 Å². The Kier molecular flexibility index (Phi) is 7.58. The molecule has 4 nitrogen and oxygen atoms in total. The topological polar surface area (TPSA) is 47.9 Å². The summed E-state index contributed by atoms with van der Waals surface area (Å²) in [5.74, 6) is 2.70. The van der Waals surface area contributed by atoms with E-state index in [-0.39, 0.29) is 12.0 Å². The minimum atomic E-state index is -0.175. The maximum atomic E-state index is 6.57. The first-order chi connectivity index (χ1) is 26.2. The average molecular weight is 680 g/mol. The molecule has 4 heteroatoms. The Morgan fingerprint density at radius 1 is 0.396 bits per heavy atom. The largest absolute Gasteiger partial charge is 0.485 e. The smallest absolute Gasteiger partial charge is 0.164 e. The number of fused-ring (bicyclic) bond motifs is 4. The first-order valence-corrected chi connectivity index (χ1v) is 18.0. The van der Waals surface area contributed by atoms with Crippen LogP contribution in [0.15, 0.2) is 188 Å². The molecule has 2 heterocycles. The van der Waals surface area contributed by atoms with Gasteiger partial charge in [-0.2, -0.15) is 0 Å². The fraction of sp³-hybridized carbons (Fsp3) is 0.0408. The van der Waals surface area contributed by atoms with Crippen molar-refractivity contribution >= 4 is 21.9 Å². The van der Waals surface area contributed by atoms with Crippen LogP contribution in [-0.4, -0.2) is 21.1 Å². The molecule has 10 rings (SSSR count). The van der Waals surface area contributed by atoms with Crippen molar-refractivity contribution in [2.45, 2.75) is 12.0 Å². The van der Waals surface area contributed by atoms with E-state index in [0.29, 0.717) is 17.5 Å². The Bertz CT molecular complexity index is 2580. The van der Waals surface area contributed by atoms with Crippen LogP contribution < -0.4 is 4.74 Å². The van der Waals surface area contributed by atoms with Gasteiger partial charge >= 0.3 is 0 Å². The Hall–Kier alpha value is -6.91. The lowest BCUT2D eigenvalue weighted by atomic mass is 9.79. The minimum absolute atomic E-state index is 0.0957. The fourth-order valence-corrected chi connectivity index (χ4v) is 7.66. The first-order valence-electron chi connectivity index (χ1n) is 18.0. The van der Waals surface area contributed by atoms with Crippen LogP contribution in [0, 0.1) is 0 Å². The van der Waals surface area contributed by atoms with Gasteiger partial charge in [0.25, 0.3) is 0 Å². The normalized spacial score (nSPS) is 15.9. The van der Waals surface area contributed by atoms with E-state index in [1.807, 2.05) is 18.2 Å². The Labute approximate surface area is 308 Å². The average Bonchev–Trinajstić information content (AvgIpc) is 3.63. The number of benzene rings is 7. The van der Waals surface area contributed by atoms with Crippen LogP contribution in [-0.2, 0) is 0 Å². The van der Waals surface area contributed by atoms with E-state index in [2.05, 4.69) is 170 Å². The predicted molar refractivity (Wildman–Crippen MR) is 215 cm³/mol. The van der Waals surface area contributed by atoms with E-state index in [1.165, 1.54) is 21.9 Å². The molecule has 1 aliphatic carbocycles. The van der Waals surface area contributed by atoms with Crippen LogP contribution >= 0.6 is 0 Å². The molecule has 0 N–H and O–H groups in total. The van der Waals surface area contributed by atoms with Gasteiger partial charge in [0.15, 0.2) is 17.5 Å². The number of hydrogen-bond donors (Lipinski definition) is 0. The molecule has 1 aromatic heterocycles. The number of rotatable bonds is 6. The van der Waals surface area contributed by atoms with Crippen LogP contribution in [0.5, 0.6) is 5.75 Å². The van der Waals surface area contributed by atoms with Crippen molar-refractivity contribution in [3.8, 4) is 50.8 Å². The third-order valence-electron chi connectivity index (χ3n) is 10.3. The van der Waals surface area contributed by atoms with Crippen molar-refractivity contribution in [3.63, 3.8) is 0 Å². The Morgan fingerprint density at radius 2 is 0.887 bits per heavy atom. The molecule has 53 heavy (non-hydrogen) atoms. The number of nitrogens with zero attached hydrogens (tertiary/aromatic N) is 3.